The summed E-state index contributed by atoms with van der Waals surface area (Å²) in [6.45, 7) is 7.50. The maximum Gasteiger partial charge on any atom is 0.252 e. The van der Waals surface area contributed by atoms with E-state index in [0.717, 1.165) is 4.88 Å². The highest BCUT2D eigenvalue weighted by molar-refractivity contribution is 7.91. The second-order valence-corrected chi connectivity index (χ2v) is 9.58. The molecule has 2 atom stereocenters. The molecule has 0 spiro atoms. The van der Waals surface area contributed by atoms with Crippen LogP contribution in [0.25, 0.3) is 0 Å². The first-order chi connectivity index (χ1) is 9.23. The molecule has 0 radical (unpaired) electrons. The van der Waals surface area contributed by atoms with Crippen LogP contribution in [-0.4, -0.2) is 50.8 Å². The van der Waals surface area contributed by atoms with Crippen LogP contribution in [-0.2, 0) is 10.0 Å². The summed E-state index contributed by atoms with van der Waals surface area (Å²) < 4.78 is 27.5. The molecular formula is C14H24N2O2S2. The molecule has 1 fully saturated rings. The van der Waals surface area contributed by atoms with Crippen molar-refractivity contribution in [2.24, 2.45) is 11.8 Å². The Labute approximate surface area is 126 Å². The zero-order chi connectivity index (χ0) is 15.1. The Hall–Kier alpha value is -0.430. The van der Waals surface area contributed by atoms with Gasteiger partial charge in [-0.05, 0) is 45.0 Å². The molecule has 2 heterocycles. The van der Waals surface area contributed by atoms with E-state index in [1.54, 1.807) is 10.4 Å². The zero-order valence-corrected chi connectivity index (χ0v) is 14.5. The van der Waals surface area contributed by atoms with Gasteiger partial charge in [-0.25, -0.2) is 8.42 Å². The molecule has 114 valence electrons. The molecule has 2 rings (SSSR count). The summed E-state index contributed by atoms with van der Waals surface area (Å²) in [6.07, 6.45) is 0. The van der Waals surface area contributed by atoms with Gasteiger partial charge in [0, 0.05) is 24.0 Å². The van der Waals surface area contributed by atoms with Crippen LogP contribution in [0.3, 0.4) is 0 Å². The Kier molecular flexibility index (Phi) is 4.59. The fourth-order valence-corrected chi connectivity index (χ4v) is 5.78. The lowest BCUT2D eigenvalue weighted by Crippen LogP contribution is -2.37. The number of rotatable bonds is 4. The maximum absolute atomic E-state index is 12.7. The Morgan fingerprint density at radius 1 is 1.30 bits per heavy atom. The summed E-state index contributed by atoms with van der Waals surface area (Å²) in [5.74, 6) is 0.869. The average molecular weight is 316 g/mol. The van der Waals surface area contributed by atoms with Gasteiger partial charge in [0.1, 0.15) is 4.21 Å². The molecule has 6 heteroatoms. The van der Waals surface area contributed by atoms with Gasteiger partial charge in [0.2, 0.25) is 0 Å². The Bertz CT molecular complexity index is 547. The van der Waals surface area contributed by atoms with Crippen LogP contribution in [0.5, 0.6) is 0 Å². The summed E-state index contributed by atoms with van der Waals surface area (Å²) in [7, 11) is 0.741. The van der Waals surface area contributed by atoms with E-state index in [9.17, 15) is 8.42 Å². The highest BCUT2D eigenvalue weighted by atomic mass is 32.2. The molecule has 0 aliphatic carbocycles. The summed E-state index contributed by atoms with van der Waals surface area (Å²) in [4.78, 5) is 3.19. The monoisotopic (exact) mass is 316 g/mol. The van der Waals surface area contributed by atoms with Crippen molar-refractivity contribution < 1.29 is 8.42 Å². The number of thiophene rings is 1. The highest BCUT2D eigenvalue weighted by Crippen LogP contribution is 2.33. The van der Waals surface area contributed by atoms with E-state index >= 15 is 0 Å². The van der Waals surface area contributed by atoms with Gasteiger partial charge in [-0.15, -0.1) is 11.3 Å². The average Bonchev–Trinajstić information content (AvgIpc) is 2.94. The van der Waals surface area contributed by atoms with Crippen molar-refractivity contribution in [1.82, 2.24) is 9.21 Å². The van der Waals surface area contributed by atoms with E-state index in [2.05, 4.69) is 18.7 Å². The van der Waals surface area contributed by atoms with E-state index in [-0.39, 0.29) is 0 Å². The quantitative estimate of drug-likeness (QED) is 0.855. The first-order valence-corrected chi connectivity index (χ1v) is 9.22. The predicted molar refractivity (Wildman–Crippen MR) is 83.6 cm³/mol. The van der Waals surface area contributed by atoms with Crippen molar-refractivity contribution in [3.8, 4) is 0 Å². The van der Waals surface area contributed by atoms with Crippen molar-refractivity contribution >= 4 is 21.4 Å². The van der Waals surface area contributed by atoms with E-state index in [1.807, 2.05) is 27.1 Å². The minimum absolute atomic E-state index is 0.297. The molecule has 0 aromatic carbocycles. The van der Waals surface area contributed by atoms with Gasteiger partial charge in [-0.2, -0.15) is 4.31 Å². The molecule has 1 aromatic heterocycles. The van der Waals surface area contributed by atoms with E-state index in [4.69, 9.17) is 0 Å². The van der Waals surface area contributed by atoms with Crippen LogP contribution in [0.1, 0.15) is 18.7 Å². The van der Waals surface area contributed by atoms with Crippen molar-refractivity contribution in [3.05, 3.63) is 17.0 Å². The van der Waals surface area contributed by atoms with Crippen molar-refractivity contribution in [2.45, 2.75) is 31.0 Å². The molecule has 0 unspecified atom stereocenters. The lowest BCUT2D eigenvalue weighted by molar-refractivity contribution is 0.216. The summed E-state index contributed by atoms with van der Waals surface area (Å²) in [5, 5.41) is 0. The molecule has 0 amide bonds. The van der Waals surface area contributed by atoms with Gasteiger partial charge in [0.05, 0.1) is 0 Å². The lowest BCUT2D eigenvalue weighted by atomic mass is 9.91. The van der Waals surface area contributed by atoms with E-state index < -0.39 is 10.0 Å². The van der Waals surface area contributed by atoms with Gasteiger partial charge in [0.25, 0.3) is 10.0 Å². The standard InChI is InChI=1S/C14H24N2O2S2/c1-10(2)12-8-16(9-13(12)15(4)5)20(17,18)14-7-6-11(3)19-14/h6-7,10,12-13H,8-9H2,1-5H3/t12-,13+/m0/s1. The number of sulfonamides is 1. The number of hydrogen-bond acceptors (Lipinski definition) is 4. The normalized spacial score (nSPS) is 24.9. The molecule has 4 nitrogen and oxygen atoms in total. The zero-order valence-electron chi connectivity index (χ0n) is 12.8. The van der Waals surface area contributed by atoms with Gasteiger partial charge in [-0.3, -0.25) is 0 Å². The molecule has 1 saturated heterocycles. The Morgan fingerprint density at radius 3 is 2.35 bits per heavy atom. The van der Waals surface area contributed by atoms with Crippen molar-refractivity contribution in [3.63, 3.8) is 0 Å². The number of nitrogens with zero attached hydrogens (tertiary/aromatic N) is 2. The van der Waals surface area contributed by atoms with Crippen molar-refractivity contribution in [1.29, 1.82) is 0 Å². The topological polar surface area (TPSA) is 40.6 Å². The minimum atomic E-state index is -3.33. The van der Waals surface area contributed by atoms with Gasteiger partial charge >= 0.3 is 0 Å². The molecule has 1 aromatic rings. The second-order valence-electron chi connectivity index (χ2n) is 6.13. The molecule has 20 heavy (non-hydrogen) atoms. The fraction of sp³-hybridized carbons (Fsp3) is 0.714. The molecule has 1 aliphatic rings. The second kappa shape index (κ2) is 5.75. The Balaban J connectivity index is 2.26. The molecule has 0 N–H and O–H groups in total. The van der Waals surface area contributed by atoms with Crippen LogP contribution >= 0.6 is 11.3 Å². The van der Waals surface area contributed by atoms with Gasteiger partial charge in [0.15, 0.2) is 0 Å². The third-order valence-corrected chi connectivity index (χ3v) is 7.43. The van der Waals surface area contributed by atoms with Crippen LogP contribution in [0, 0.1) is 18.8 Å². The third-order valence-electron chi connectivity index (χ3n) is 4.13. The number of likely N-dealkylation sites (N-methyl/N-ethyl adjacent to an activating group) is 1. The van der Waals surface area contributed by atoms with Crippen LogP contribution in [0.2, 0.25) is 0 Å². The molecule has 1 aliphatic heterocycles. The number of hydrogen-bond donors (Lipinski definition) is 0. The molecule has 0 saturated carbocycles. The number of aryl methyl sites for hydroxylation is 1. The van der Waals surface area contributed by atoms with Crippen LogP contribution in [0.4, 0.5) is 0 Å². The van der Waals surface area contributed by atoms with Gasteiger partial charge in [-0.1, -0.05) is 13.8 Å². The molecular weight excluding hydrogens is 292 g/mol. The van der Waals surface area contributed by atoms with Crippen LogP contribution < -0.4 is 0 Å². The van der Waals surface area contributed by atoms with Gasteiger partial charge < -0.3 is 4.90 Å². The third kappa shape index (κ3) is 2.93. The first kappa shape index (κ1) is 15.9. The lowest BCUT2D eigenvalue weighted by Gasteiger charge is -2.27. The first-order valence-electron chi connectivity index (χ1n) is 6.96. The SMILES string of the molecule is Cc1ccc(S(=O)(=O)N2C[C@@H](N(C)C)[C@H](C(C)C)C2)s1. The maximum atomic E-state index is 12.7. The summed E-state index contributed by atoms with van der Waals surface area (Å²) >= 11 is 1.36. The van der Waals surface area contributed by atoms with Crippen LogP contribution in [0.15, 0.2) is 16.3 Å². The van der Waals surface area contributed by atoms with Crippen molar-refractivity contribution in [2.75, 3.05) is 27.2 Å². The summed E-state index contributed by atoms with van der Waals surface area (Å²) in [5.41, 5.74) is 0. The smallest absolute Gasteiger partial charge is 0.252 e. The highest BCUT2D eigenvalue weighted by Gasteiger charge is 2.41. The van der Waals surface area contributed by atoms with E-state index in [0.29, 0.717) is 35.2 Å². The predicted octanol–water partition coefficient (Wildman–Crippen LogP) is 2.26. The Morgan fingerprint density at radius 2 is 1.95 bits per heavy atom. The molecule has 0 bridgehead atoms. The van der Waals surface area contributed by atoms with E-state index in [1.165, 1.54) is 11.3 Å². The minimum Gasteiger partial charge on any atom is -0.305 e. The summed E-state index contributed by atoms with van der Waals surface area (Å²) in [6, 6.07) is 3.89. The fourth-order valence-electron chi connectivity index (χ4n) is 2.85. The largest absolute Gasteiger partial charge is 0.305 e.